The van der Waals surface area contributed by atoms with Gasteiger partial charge in [0.15, 0.2) is 0 Å². The van der Waals surface area contributed by atoms with Crippen molar-refractivity contribution in [2.45, 2.75) is 70.9 Å². The highest BCUT2D eigenvalue weighted by Crippen LogP contribution is 2.41. The Labute approximate surface area is 191 Å². The first kappa shape index (κ1) is 22.7. The van der Waals surface area contributed by atoms with Gasteiger partial charge in [-0.3, -0.25) is 19.7 Å². The molecule has 0 aromatic carbocycles. The highest BCUT2D eigenvalue weighted by Gasteiger charge is 2.44. The summed E-state index contributed by atoms with van der Waals surface area (Å²) in [5.74, 6) is 0.0704. The lowest BCUT2D eigenvalue weighted by atomic mass is 9.98. The summed E-state index contributed by atoms with van der Waals surface area (Å²) in [5, 5.41) is 8.71. The Balaban J connectivity index is 1.34. The number of carbonyl (C=O) groups is 4. The van der Waals surface area contributed by atoms with Gasteiger partial charge in [0.2, 0.25) is 11.8 Å². The molecule has 1 saturated carbocycles. The van der Waals surface area contributed by atoms with E-state index in [0.29, 0.717) is 25.4 Å². The smallest absolute Gasteiger partial charge is 0.322 e. The van der Waals surface area contributed by atoms with Gasteiger partial charge >= 0.3 is 6.03 Å². The third-order valence-corrected chi connectivity index (χ3v) is 7.75. The van der Waals surface area contributed by atoms with E-state index < -0.39 is 18.0 Å². The normalized spacial score (nSPS) is 25.1. The zero-order chi connectivity index (χ0) is 22.8. The summed E-state index contributed by atoms with van der Waals surface area (Å²) >= 11 is 1.63. The molecular formula is C22H31N5O4S. The van der Waals surface area contributed by atoms with Crippen LogP contribution in [-0.4, -0.2) is 58.8 Å². The maximum atomic E-state index is 13.1. The number of rotatable bonds is 9. The van der Waals surface area contributed by atoms with Crippen molar-refractivity contribution in [3.05, 3.63) is 15.6 Å². The first-order chi connectivity index (χ1) is 15.3. The molecule has 32 heavy (non-hydrogen) atoms. The van der Waals surface area contributed by atoms with Crippen molar-refractivity contribution in [2.24, 2.45) is 11.8 Å². The molecule has 0 spiro atoms. The van der Waals surface area contributed by atoms with Gasteiger partial charge in [-0.2, -0.15) is 0 Å². The van der Waals surface area contributed by atoms with Crippen LogP contribution in [0.3, 0.4) is 0 Å². The number of hydrogen-bond donors (Lipinski definition) is 3. The van der Waals surface area contributed by atoms with Gasteiger partial charge in [-0.25, -0.2) is 9.78 Å². The molecule has 1 aromatic heterocycles. The number of aromatic nitrogens is 1. The van der Waals surface area contributed by atoms with E-state index in [-0.39, 0.29) is 30.2 Å². The number of amides is 5. The van der Waals surface area contributed by atoms with Crippen LogP contribution >= 0.6 is 11.3 Å². The van der Waals surface area contributed by atoms with Crippen LogP contribution in [0.1, 0.15) is 54.6 Å². The first-order valence-corrected chi connectivity index (χ1v) is 12.3. The van der Waals surface area contributed by atoms with Gasteiger partial charge < -0.3 is 15.5 Å². The highest BCUT2D eigenvalue weighted by atomic mass is 32.1. The number of hydrogen-bond acceptors (Lipinski definition) is 6. The zero-order valence-corrected chi connectivity index (χ0v) is 19.4. The van der Waals surface area contributed by atoms with Crippen molar-refractivity contribution in [1.29, 1.82) is 0 Å². The molecule has 0 bridgehead atoms. The van der Waals surface area contributed by atoms with Crippen molar-refractivity contribution >= 4 is 35.1 Å². The van der Waals surface area contributed by atoms with Crippen molar-refractivity contribution in [3.63, 3.8) is 0 Å². The molecule has 174 valence electrons. The fourth-order valence-electron chi connectivity index (χ4n) is 4.58. The predicted molar refractivity (Wildman–Crippen MR) is 119 cm³/mol. The van der Waals surface area contributed by atoms with Crippen molar-refractivity contribution in [1.82, 2.24) is 25.8 Å². The molecule has 4 rings (SSSR count). The molecule has 1 aliphatic carbocycles. The number of nitrogens with one attached hydrogen (secondary N) is 3. The fraction of sp³-hybridized carbons (Fsp3) is 0.682. The van der Waals surface area contributed by atoms with Gasteiger partial charge in [-0.15, -0.1) is 11.3 Å². The molecule has 3 fully saturated rings. The molecule has 5 amide bonds. The molecule has 1 aromatic rings. The summed E-state index contributed by atoms with van der Waals surface area (Å²) in [6.07, 6.45) is 5.67. The number of unbranched alkanes of at least 4 members (excludes halogenated alkanes) is 1. The first-order valence-electron chi connectivity index (χ1n) is 11.5. The summed E-state index contributed by atoms with van der Waals surface area (Å²) in [5.41, 5.74) is 0.939. The van der Waals surface area contributed by atoms with Crippen LogP contribution in [0.25, 0.3) is 0 Å². The Bertz CT molecular complexity index is 912. The van der Waals surface area contributed by atoms with Crippen molar-refractivity contribution in [2.75, 3.05) is 13.1 Å². The molecular weight excluding hydrogens is 430 g/mol. The minimum absolute atomic E-state index is 0.0728. The molecule has 9 nitrogen and oxygen atoms in total. The summed E-state index contributed by atoms with van der Waals surface area (Å²) < 4.78 is 0. The van der Waals surface area contributed by atoms with Gasteiger partial charge in [0.25, 0.3) is 5.91 Å². The minimum Gasteiger partial charge on any atom is -0.351 e. The van der Waals surface area contributed by atoms with Gasteiger partial charge in [0.1, 0.15) is 6.04 Å². The van der Waals surface area contributed by atoms with E-state index >= 15 is 0 Å². The van der Waals surface area contributed by atoms with E-state index in [0.717, 1.165) is 47.7 Å². The molecule has 3 heterocycles. The molecule has 0 radical (unpaired) electrons. The van der Waals surface area contributed by atoms with Crippen LogP contribution in [0.4, 0.5) is 4.79 Å². The average molecular weight is 462 g/mol. The number of carbonyl (C=O) groups excluding carboxylic acids is 4. The molecule has 3 aliphatic rings. The van der Waals surface area contributed by atoms with Gasteiger partial charge in [0.05, 0.1) is 29.6 Å². The Morgan fingerprint density at radius 2 is 2.03 bits per heavy atom. The lowest BCUT2D eigenvalue weighted by Gasteiger charge is -2.19. The largest absolute Gasteiger partial charge is 0.351 e. The molecule has 3 atom stereocenters. The van der Waals surface area contributed by atoms with Crippen molar-refractivity contribution < 1.29 is 19.2 Å². The third kappa shape index (κ3) is 5.28. The van der Waals surface area contributed by atoms with E-state index in [2.05, 4.69) is 27.9 Å². The quantitative estimate of drug-likeness (QED) is 0.479. The summed E-state index contributed by atoms with van der Waals surface area (Å²) in [6.45, 7) is 5.25. The molecule has 2 saturated heterocycles. The monoisotopic (exact) mass is 461 g/mol. The van der Waals surface area contributed by atoms with Crippen LogP contribution in [0.5, 0.6) is 0 Å². The Kier molecular flexibility index (Phi) is 6.78. The maximum absolute atomic E-state index is 13.1. The van der Waals surface area contributed by atoms with Gasteiger partial charge in [-0.05, 0) is 38.5 Å². The SMILES string of the molecule is CCCCc1nc(C)c(CC(=O)N2C[C@@H](NC(=O)CC3NC(=O)NC3=O)[C@H](C3CC3)C2)s1. The predicted octanol–water partition coefficient (Wildman–Crippen LogP) is 1.29. The number of nitrogens with zero attached hydrogens (tertiary/aromatic N) is 2. The number of imide groups is 1. The standard InChI is InChI=1S/C22H31N5O4S/c1-3-4-5-19-23-12(2)17(32-19)9-20(29)27-10-14(13-6-7-13)16(11-27)24-18(28)8-15-21(30)26-22(31)25-15/h13-16H,3-11H2,1-2H3,(H,24,28)(H2,25,26,30,31)/t14-,15?,16+/m0/s1. The van der Waals surface area contributed by atoms with Crippen LogP contribution in [-0.2, 0) is 27.2 Å². The van der Waals surface area contributed by atoms with E-state index in [1.807, 2.05) is 11.8 Å². The Hall–Kier alpha value is -2.49. The number of thiazole rings is 1. The second-order valence-corrected chi connectivity index (χ2v) is 10.3. The van der Waals surface area contributed by atoms with E-state index in [4.69, 9.17) is 0 Å². The number of likely N-dealkylation sites (tertiary alicyclic amines) is 1. The van der Waals surface area contributed by atoms with E-state index in [1.54, 1.807) is 11.3 Å². The van der Waals surface area contributed by atoms with E-state index in [9.17, 15) is 19.2 Å². The van der Waals surface area contributed by atoms with E-state index in [1.165, 1.54) is 0 Å². The van der Waals surface area contributed by atoms with Crippen LogP contribution in [0.15, 0.2) is 0 Å². The second kappa shape index (κ2) is 9.56. The van der Waals surface area contributed by atoms with Gasteiger partial charge in [0, 0.05) is 23.9 Å². The molecule has 3 N–H and O–H groups in total. The number of urea groups is 1. The molecule has 1 unspecified atom stereocenters. The lowest BCUT2D eigenvalue weighted by molar-refractivity contribution is -0.130. The van der Waals surface area contributed by atoms with Crippen LogP contribution in [0, 0.1) is 18.8 Å². The third-order valence-electron chi connectivity index (χ3n) is 6.53. The topological polar surface area (TPSA) is 120 Å². The lowest BCUT2D eigenvalue weighted by Crippen LogP contribution is -2.44. The summed E-state index contributed by atoms with van der Waals surface area (Å²) in [4.78, 5) is 56.1. The fourth-order valence-corrected chi connectivity index (χ4v) is 5.68. The van der Waals surface area contributed by atoms with Crippen LogP contribution in [0.2, 0.25) is 0 Å². The average Bonchev–Trinajstić information content (AvgIpc) is 3.29. The zero-order valence-electron chi connectivity index (χ0n) is 18.6. The molecule has 10 heteroatoms. The second-order valence-electron chi connectivity index (χ2n) is 9.09. The van der Waals surface area contributed by atoms with Crippen LogP contribution < -0.4 is 16.0 Å². The summed E-state index contributed by atoms with van der Waals surface area (Å²) in [7, 11) is 0. The minimum atomic E-state index is -0.836. The van der Waals surface area contributed by atoms with Gasteiger partial charge in [-0.1, -0.05) is 13.3 Å². The maximum Gasteiger partial charge on any atom is 0.322 e. The Morgan fingerprint density at radius 1 is 1.25 bits per heavy atom. The highest BCUT2D eigenvalue weighted by molar-refractivity contribution is 7.11. The number of aryl methyl sites for hydroxylation is 2. The molecule has 2 aliphatic heterocycles. The Morgan fingerprint density at radius 3 is 2.69 bits per heavy atom. The van der Waals surface area contributed by atoms with Crippen molar-refractivity contribution in [3.8, 4) is 0 Å². The summed E-state index contributed by atoms with van der Waals surface area (Å²) in [6, 6.07) is -1.53.